The fourth-order valence-electron chi connectivity index (χ4n) is 2.86. The van der Waals surface area contributed by atoms with E-state index in [0.717, 1.165) is 45.3 Å². The second-order valence-electron chi connectivity index (χ2n) is 5.74. The lowest BCUT2D eigenvalue weighted by atomic mass is 10.1. The van der Waals surface area contributed by atoms with Crippen molar-refractivity contribution < 1.29 is 19.7 Å². The molecular weight excluding hydrogens is 246 g/mol. The van der Waals surface area contributed by atoms with Crippen LogP contribution in [-0.2, 0) is 9.47 Å². The predicted octanol–water partition coefficient (Wildman–Crippen LogP) is 0.294. The Morgan fingerprint density at radius 3 is 2.84 bits per heavy atom. The average molecular weight is 273 g/mol. The highest BCUT2D eigenvalue weighted by Crippen LogP contribution is 2.24. The third-order valence-electron chi connectivity index (χ3n) is 4.04. The van der Waals surface area contributed by atoms with Gasteiger partial charge in [-0.2, -0.15) is 0 Å². The molecule has 1 saturated heterocycles. The summed E-state index contributed by atoms with van der Waals surface area (Å²) in [6, 6.07) is 0. The van der Waals surface area contributed by atoms with Gasteiger partial charge in [0.15, 0.2) is 0 Å². The third-order valence-corrected chi connectivity index (χ3v) is 4.04. The van der Waals surface area contributed by atoms with Gasteiger partial charge in [0.05, 0.1) is 31.5 Å². The molecule has 112 valence electrons. The molecule has 4 unspecified atom stereocenters. The Labute approximate surface area is 115 Å². The van der Waals surface area contributed by atoms with Crippen LogP contribution >= 0.6 is 0 Å². The van der Waals surface area contributed by atoms with Crippen molar-refractivity contribution in [2.45, 2.75) is 50.4 Å². The first-order valence-corrected chi connectivity index (χ1v) is 7.52. The van der Waals surface area contributed by atoms with Crippen LogP contribution in [0.3, 0.4) is 0 Å². The van der Waals surface area contributed by atoms with Gasteiger partial charge in [0.25, 0.3) is 0 Å². The van der Waals surface area contributed by atoms with Crippen LogP contribution in [0, 0.1) is 5.92 Å². The molecule has 0 aromatic rings. The zero-order chi connectivity index (χ0) is 13.5. The Morgan fingerprint density at radius 2 is 2.16 bits per heavy atom. The van der Waals surface area contributed by atoms with Crippen LogP contribution in [0.2, 0.25) is 0 Å². The molecular formula is C14H27NO4. The van der Waals surface area contributed by atoms with Crippen LogP contribution in [0.25, 0.3) is 0 Å². The van der Waals surface area contributed by atoms with E-state index >= 15 is 0 Å². The van der Waals surface area contributed by atoms with Crippen molar-refractivity contribution in [1.82, 2.24) is 5.32 Å². The summed E-state index contributed by atoms with van der Waals surface area (Å²) in [6.07, 6.45) is 4.85. The van der Waals surface area contributed by atoms with Crippen molar-refractivity contribution in [3.63, 3.8) is 0 Å². The molecule has 5 nitrogen and oxygen atoms in total. The fraction of sp³-hybridized carbons (Fsp3) is 1.00. The van der Waals surface area contributed by atoms with E-state index in [2.05, 4.69) is 5.32 Å². The number of rotatable bonds is 8. The first-order chi connectivity index (χ1) is 9.25. The Morgan fingerprint density at radius 1 is 1.26 bits per heavy atom. The molecule has 0 amide bonds. The lowest BCUT2D eigenvalue weighted by Gasteiger charge is -2.18. The molecule has 0 aromatic carbocycles. The smallest absolute Gasteiger partial charge is 0.0897 e. The van der Waals surface area contributed by atoms with E-state index in [-0.39, 0.29) is 12.2 Å². The number of aliphatic hydroxyl groups is 2. The summed E-state index contributed by atoms with van der Waals surface area (Å²) in [5, 5.41) is 22.7. The van der Waals surface area contributed by atoms with Gasteiger partial charge in [0.2, 0.25) is 0 Å². The van der Waals surface area contributed by atoms with Gasteiger partial charge in [0.1, 0.15) is 0 Å². The summed E-state index contributed by atoms with van der Waals surface area (Å²) < 4.78 is 10.9. The summed E-state index contributed by atoms with van der Waals surface area (Å²) in [7, 11) is 0. The molecule has 3 N–H and O–H groups in total. The quantitative estimate of drug-likeness (QED) is 0.593. The van der Waals surface area contributed by atoms with Crippen LogP contribution in [0.5, 0.6) is 0 Å². The van der Waals surface area contributed by atoms with Crippen LogP contribution in [0.15, 0.2) is 0 Å². The second-order valence-corrected chi connectivity index (χ2v) is 5.74. The molecule has 2 aliphatic rings. The largest absolute Gasteiger partial charge is 0.393 e. The van der Waals surface area contributed by atoms with Gasteiger partial charge in [-0.05, 0) is 31.6 Å². The summed E-state index contributed by atoms with van der Waals surface area (Å²) in [6.45, 7) is 3.07. The van der Waals surface area contributed by atoms with Crippen molar-refractivity contribution in [3.05, 3.63) is 0 Å². The van der Waals surface area contributed by atoms with Crippen molar-refractivity contribution in [3.8, 4) is 0 Å². The Hall–Kier alpha value is -0.200. The first kappa shape index (κ1) is 15.2. The van der Waals surface area contributed by atoms with E-state index in [4.69, 9.17) is 9.47 Å². The molecule has 0 bridgehead atoms. The Bertz CT molecular complexity index is 246. The molecule has 2 fully saturated rings. The van der Waals surface area contributed by atoms with Gasteiger partial charge < -0.3 is 25.0 Å². The van der Waals surface area contributed by atoms with Crippen molar-refractivity contribution in [1.29, 1.82) is 0 Å². The van der Waals surface area contributed by atoms with Crippen molar-refractivity contribution in [2.24, 2.45) is 5.92 Å². The molecule has 1 aliphatic heterocycles. The van der Waals surface area contributed by atoms with Gasteiger partial charge in [-0.15, -0.1) is 0 Å². The van der Waals surface area contributed by atoms with Crippen LogP contribution in [0.4, 0.5) is 0 Å². The number of ether oxygens (including phenoxy) is 2. The second kappa shape index (κ2) is 8.17. The summed E-state index contributed by atoms with van der Waals surface area (Å²) in [5.41, 5.74) is 0. The zero-order valence-electron chi connectivity index (χ0n) is 11.6. The maximum Gasteiger partial charge on any atom is 0.0897 e. The molecule has 1 saturated carbocycles. The SMILES string of the molecule is OC(CNCC1CCCC1O)COCC1CCCO1. The molecule has 19 heavy (non-hydrogen) atoms. The van der Waals surface area contributed by atoms with E-state index in [0.29, 0.717) is 25.7 Å². The highest BCUT2D eigenvalue weighted by atomic mass is 16.5. The minimum Gasteiger partial charge on any atom is -0.393 e. The highest BCUT2D eigenvalue weighted by Gasteiger charge is 2.24. The minimum atomic E-state index is -0.486. The lowest BCUT2D eigenvalue weighted by Crippen LogP contribution is -2.35. The number of hydrogen-bond donors (Lipinski definition) is 3. The monoisotopic (exact) mass is 273 g/mol. The van der Waals surface area contributed by atoms with Crippen LogP contribution in [-0.4, -0.2) is 61.4 Å². The Kier molecular flexibility index (Phi) is 6.53. The maximum absolute atomic E-state index is 9.77. The van der Waals surface area contributed by atoms with E-state index in [1.165, 1.54) is 0 Å². The molecule has 0 spiro atoms. The molecule has 4 atom stereocenters. The number of nitrogens with one attached hydrogen (secondary N) is 1. The number of hydrogen-bond acceptors (Lipinski definition) is 5. The zero-order valence-corrected chi connectivity index (χ0v) is 11.6. The average Bonchev–Trinajstić information content (AvgIpc) is 3.02. The topological polar surface area (TPSA) is 71.0 Å². The van der Waals surface area contributed by atoms with Gasteiger partial charge in [-0.25, -0.2) is 0 Å². The molecule has 1 heterocycles. The highest BCUT2D eigenvalue weighted by molar-refractivity contribution is 4.78. The van der Waals surface area contributed by atoms with Gasteiger partial charge in [0, 0.05) is 19.7 Å². The first-order valence-electron chi connectivity index (χ1n) is 7.52. The van der Waals surface area contributed by atoms with Gasteiger partial charge in [-0.3, -0.25) is 0 Å². The molecule has 5 heteroatoms. The standard InChI is InChI=1S/C14H27NO4/c16-12(9-18-10-13-4-2-6-19-13)8-15-7-11-3-1-5-14(11)17/h11-17H,1-10H2. The molecule has 0 aromatic heterocycles. The van der Waals surface area contributed by atoms with Crippen molar-refractivity contribution in [2.75, 3.05) is 32.9 Å². The van der Waals surface area contributed by atoms with Gasteiger partial charge in [-0.1, -0.05) is 6.42 Å². The summed E-state index contributed by atoms with van der Waals surface area (Å²) >= 11 is 0. The van der Waals surface area contributed by atoms with Crippen LogP contribution < -0.4 is 5.32 Å². The normalized spacial score (nSPS) is 32.8. The van der Waals surface area contributed by atoms with E-state index in [1.807, 2.05) is 0 Å². The fourth-order valence-corrected chi connectivity index (χ4v) is 2.86. The van der Waals surface area contributed by atoms with E-state index in [1.54, 1.807) is 0 Å². The van der Waals surface area contributed by atoms with Crippen molar-refractivity contribution >= 4 is 0 Å². The minimum absolute atomic E-state index is 0.166. The van der Waals surface area contributed by atoms with Crippen LogP contribution in [0.1, 0.15) is 32.1 Å². The van der Waals surface area contributed by atoms with E-state index < -0.39 is 6.10 Å². The van der Waals surface area contributed by atoms with E-state index in [9.17, 15) is 10.2 Å². The molecule has 1 aliphatic carbocycles. The summed E-state index contributed by atoms with van der Waals surface area (Å²) in [4.78, 5) is 0. The third kappa shape index (κ3) is 5.36. The molecule has 0 radical (unpaired) electrons. The Balaban J connectivity index is 1.46. The molecule has 2 rings (SSSR count). The number of aliphatic hydroxyl groups excluding tert-OH is 2. The summed E-state index contributed by atoms with van der Waals surface area (Å²) in [5.74, 6) is 0.347. The maximum atomic E-state index is 9.77. The van der Waals surface area contributed by atoms with Gasteiger partial charge >= 0.3 is 0 Å². The lowest BCUT2D eigenvalue weighted by molar-refractivity contribution is -0.0168. The predicted molar refractivity (Wildman–Crippen MR) is 72.0 cm³/mol.